The zero-order valence-electron chi connectivity index (χ0n) is 11.7. The molecule has 2 nitrogen and oxygen atoms in total. The Balaban J connectivity index is 2.44. The third kappa shape index (κ3) is 3.88. The maximum Gasteiger partial charge on any atom is 0.107 e. The van der Waals surface area contributed by atoms with Crippen LogP contribution in [0.5, 0.6) is 0 Å². The van der Waals surface area contributed by atoms with Crippen LogP contribution in [0.1, 0.15) is 74.2 Å². The van der Waals surface area contributed by atoms with Crippen LogP contribution < -0.4 is 0 Å². The Morgan fingerprint density at radius 2 is 1.65 bits per heavy atom. The van der Waals surface area contributed by atoms with Gasteiger partial charge in [-0.1, -0.05) is 39.0 Å². The van der Waals surface area contributed by atoms with E-state index in [2.05, 4.69) is 6.92 Å². The Morgan fingerprint density at radius 1 is 1.00 bits per heavy atom. The molecule has 1 heterocycles. The Kier molecular flexibility index (Phi) is 5.76. The van der Waals surface area contributed by atoms with Gasteiger partial charge in [0, 0.05) is 5.56 Å². The van der Waals surface area contributed by atoms with Crippen molar-refractivity contribution < 1.29 is 9.52 Å². The fourth-order valence-electron chi connectivity index (χ4n) is 2.38. The Morgan fingerprint density at radius 3 is 2.18 bits per heavy atom. The minimum atomic E-state index is -0.353. The average Bonchev–Trinajstić information content (AvgIpc) is 2.53. The van der Waals surface area contributed by atoms with Crippen molar-refractivity contribution in [1.29, 1.82) is 0 Å². The van der Waals surface area contributed by atoms with Crippen LogP contribution in [0.4, 0.5) is 0 Å². The fourth-order valence-corrected chi connectivity index (χ4v) is 2.38. The van der Waals surface area contributed by atoms with Crippen molar-refractivity contribution in [3.8, 4) is 0 Å². The molecule has 1 unspecified atom stereocenters. The van der Waals surface area contributed by atoms with E-state index in [4.69, 9.17) is 4.42 Å². The molecule has 0 aliphatic rings. The molecular weight excluding hydrogens is 212 g/mol. The van der Waals surface area contributed by atoms with Crippen molar-refractivity contribution in [1.82, 2.24) is 0 Å². The first kappa shape index (κ1) is 14.3. The van der Waals surface area contributed by atoms with Crippen LogP contribution in [0.15, 0.2) is 4.42 Å². The average molecular weight is 238 g/mol. The number of hydrogen-bond donors (Lipinski definition) is 1. The quantitative estimate of drug-likeness (QED) is 0.704. The second-order valence-corrected chi connectivity index (χ2v) is 4.97. The van der Waals surface area contributed by atoms with Gasteiger partial charge in [0.25, 0.3) is 0 Å². The summed E-state index contributed by atoms with van der Waals surface area (Å²) in [6.45, 7) is 8.15. The number of aliphatic hydroxyl groups excluding tert-OH is 1. The molecule has 98 valence electrons. The van der Waals surface area contributed by atoms with E-state index in [0.29, 0.717) is 0 Å². The third-order valence-electron chi connectivity index (χ3n) is 3.53. The predicted octanol–water partition coefficient (Wildman–Crippen LogP) is 4.60. The smallest absolute Gasteiger partial charge is 0.107 e. The summed E-state index contributed by atoms with van der Waals surface area (Å²) in [5, 5.41) is 10.2. The third-order valence-corrected chi connectivity index (χ3v) is 3.53. The normalized spacial score (nSPS) is 13.0. The second kappa shape index (κ2) is 6.85. The lowest BCUT2D eigenvalue weighted by atomic mass is 9.99. The van der Waals surface area contributed by atoms with Gasteiger partial charge in [-0.3, -0.25) is 0 Å². The van der Waals surface area contributed by atoms with Crippen LogP contribution in [0.2, 0.25) is 0 Å². The zero-order chi connectivity index (χ0) is 12.8. The Labute approximate surface area is 105 Å². The van der Waals surface area contributed by atoms with Gasteiger partial charge < -0.3 is 9.52 Å². The van der Waals surface area contributed by atoms with E-state index >= 15 is 0 Å². The van der Waals surface area contributed by atoms with Gasteiger partial charge in [-0.05, 0) is 32.8 Å². The van der Waals surface area contributed by atoms with Gasteiger partial charge in [0.2, 0.25) is 0 Å². The number of aliphatic hydroxyl groups is 1. The maximum atomic E-state index is 10.2. The van der Waals surface area contributed by atoms with Crippen molar-refractivity contribution in [3.05, 3.63) is 22.6 Å². The summed E-state index contributed by atoms with van der Waals surface area (Å²) in [4.78, 5) is 0. The molecule has 17 heavy (non-hydrogen) atoms. The van der Waals surface area contributed by atoms with Crippen molar-refractivity contribution in [2.75, 3.05) is 0 Å². The lowest BCUT2D eigenvalue weighted by Crippen LogP contribution is -2.00. The Bertz CT molecular complexity index is 339. The van der Waals surface area contributed by atoms with E-state index in [-0.39, 0.29) is 6.10 Å². The van der Waals surface area contributed by atoms with E-state index in [1.54, 1.807) is 0 Å². The van der Waals surface area contributed by atoms with Gasteiger partial charge in [-0.15, -0.1) is 0 Å². The van der Waals surface area contributed by atoms with Gasteiger partial charge in [0.05, 0.1) is 6.10 Å². The summed E-state index contributed by atoms with van der Waals surface area (Å²) in [6.07, 6.45) is 6.68. The molecule has 0 aromatic carbocycles. The molecule has 2 heteroatoms. The standard InChI is InChI=1S/C15H26O2/c1-5-6-7-8-9-10-14(16)15-11(2)12(3)17-13(15)4/h14,16H,5-10H2,1-4H3. The second-order valence-electron chi connectivity index (χ2n) is 4.97. The van der Waals surface area contributed by atoms with Crippen LogP contribution in [0, 0.1) is 20.8 Å². The topological polar surface area (TPSA) is 33.4 Å². The molecule has 1 aromatic heterocycles. The highest BCUT2D eigenvalue weighted by atomic mass is 16.3. The molecule has 1 N–H and O–H groups in total. The van der Waals surface area contributed by atoms with Crippen LogP contribution in [0.3, 0.4) is 0 Å². The minimum Gasteiger partial charge on any atom is -0.466 e. The summed E-state index contributed by atoms with van der Waals surface area (Å²) in [5.41, 5.74) is 2.13. The van der Waals surface area contributed by atoms with E-state index in [1.165, 1.54) is 25.7 Å². The van der Waals surface area contributed by atoms with Gasteiger partial charge in [0.15, 0.2) is 0 Å². The molecule has 0 aliphatic heterocycles. The lowest BCUT2D eigenvalue weighted by molar-refractivity contribution is 0.161. The van der Waals surface area contributed by atoms with Crippen LogP contribution >= 0.6 is 0 Å². The van der Waals surface area contributed by atoms with Gasteiger partial charge >= 0.3 is 0 Å². The van der Waals surface area contributed by atoms with Gasteiger partial charge in [0.1, 0.15) is 11.5 Å². The zero-order valence-corrected chi connectivity index (χ0v) is 11.7. The predicted molar refractivity (Wildman–Crippen MR) is 71.3 cm³/mol. The summed E-state index contributed by atoms with van der Waals surface area (Å²) in [5.74, 6) is 1.81. The molecule has 0 saturated carbocycles. The molecule has 0 bridgehead atoms. The largest absolute Gasteiger partial charge is 0.466 e. The van der Waals surface area contributed by atoms with Crippen molar-refractivity contribution in [3.63, 3.8) is 0 Å². The maximum absolute atomic E-state index is 10.2. The van der Waals surface area contributed by atoms with Gasteiger partial charge in [-0.2, -0.15) is 0 Å². The van der Waals surface area contributed by atoms with Crippen molar-refractivity contribution in [2.45, 2.75) is 72.3 Å². The van der Waals surface area contributed by atoms with Crippen molar-refractivity contribution in [2.24, 2.45) is 0 Å². The van der Waals surface area contributed by atoms with Crippen LogP contribution in [-0.4, -0.2) is 5.11 Å². The lowest BCUT2D eigenvalue weighted by Gasteiger charge is -2.11. The molecule has 0 amide bonds. The first-order valence-corrected chi connectivity index (χ1v) is 6.82. The highest BCUT2D eigenvalue weighted by molar-refractivity contribution is 5.33. The van der Waals surface area contributed by atoms with Crippen LogP contribution in [-0.2, 0) is 0 Å². The molecule has 1 atom stereocenters. The number of aryl methyl sites for hydroxylation is 2. The molecule has 0 radical (unpaired) electrons. The summed E-state index contributed by atoms with van der Waals surface area (Å²) in [7, 11) is 0. The van der Waals surface area contributed by atoms with Crippen molar-refractivity contribution >= 4 is 0 Å². The molecule has 0 spiro atoms. The molecule has 0 aliphatic carbocycles. The summed E-state index contributed by atoms with van der Waals surface area (Å²) in [6, 6.07) is 0. The van der Waals surface area contributed by atoms with Gasteiger partial charge in [-0.25, -0.2) is 0 Å². The first-order chi connectivity index (χ1) is 8.07. The summed E-state index contributed by atoms with van der Waals surface area (Å²) >= 11 is 0. The number of furan rings is 1. The fraction of sp³-hybridized carbons (Fsp3) is 0.733. The molecular formula is C15H26O2. The summed E-state index contributed by atoms with van der Waals surface area (Å²) < 4.78 is 5.55. The Hall–Kier alpha value is -0.760. The molecule has 1 aromatic rings. The first-order valence-electron chi connectivity index (χ1n) is 6.82. The number of rotatable bonds is 7. The highest BCUT2D eigenvalue weighted by Crippen LogP contribution is 2.30. The number of hydrogen-bond acceptors (Lipinski definition) is 2. The molecule has 0 fully saturated rings. The van der Waals surface area contributed by atoms with E-state index in [0.717, 1.165) is 35.5 Å². The number of unbranched alkanes of at least 4 members (excludes halogenated alkanes) is 4. The SMILES string of the molecule is CCCCCCCC(O)c1c(C)oc(C)c1C. The monoisotopic (exact) mass is 238 g/mol. The van der Waals surface area contributed by atoms with E-state index < -0.39 is 0 Å². The van der Waals surface area contributed by atoms with Crippen LogP contribution in [0.25, 0.3) is 0 Å². The van der Waals surface area contributed by atoms with E-state index in [1.807, 2.05) is 20.8 Å². The molecule has 0 saturated heterocycles. The minimum absolute atomic E-state index is 0.353. The molecule has 1 rings (SSSR count). The van der Waals surface area contributed by atoms with E-state index in [9.17, 15) is 5.11 Å². The highest BCUT2D eigenvalue weighted by Gasteiger charge is 2.18.